The van der Waals surface area contributed by atoms with Gasteiger partial charge in [-0.25, -0.2) is 0 Å². The van der Waals surface area contributed by atoms with Crippen LogP contribution in [0, 0.1) is 11.8 Å². The molecule has 4 nitrogen and oxygen atoms in total. The zero-order chi connectivity index (χ0) is 12.0. The van der Waals surface area contributed by atoms with Gasteiger partial charge in [0.25, 0.3) is 0 Å². The summed E-state index contributed by atoms with van der Waals surface area (Å²) in [6, 6.07) is 4.98. The second-order valence-electron chi connectivity index (χ2n) is 2.91. The highest BCUT2D eigenvalue weighted by molar-refractivity contribution is 5.72. The minimum absolute atomic E-state index is 0.00680. The van der Waals surface area contributed by atoms with E-state index in [9.17, 15) is 9.90 Å². The van der Waals surface area contributed by atoms with Gasteiger partial charge < -0.3 is 14.6 Å². The van der Waals surface area contributed by atoms with Crippen LogP contribution in [-0.2, 0) is 9.53 Å². The highest BCUT2D eigenvalue weighted by atomic mass is 16.5. The first kappa shape index (κ1) is 11.9. The summed E-state index contributed by atoms with van der Waals surface area (Å²) < 4.78 is 9.36. The summed E-state index contributed by atoms with van der Waals surface area (Å²) in [7, 11) is 2.76. The number of phenolic OH excluding ortho intramolecular Hbond substituents is 1. The van der Waals surface area contributed by atoms with E-state index in [2.05, 4.69) is 16.6 Å². The van der Waals surface area contributed by atoms with Crippen LogP contribution >= 0.6 is 0 Å². The fraction of sp³-hybridized carbons (Fsp3) is 0.250. The van der Waals surface area contributed by atoms with Crippen molar-refractivity contribution in [3.05, 3.63) is 23.8 Å². The highest BCUT2D eigenvalue weighted by Crippen LogP contribution is 2.28. The SMILES string of the molecule is COC(=O)CC#Cc1cccc(OC)c1O. The monoisotopic (exact) mass is 220 g/mol. The minimum atomic E-state index is -0.408. The average molecular weight is 220 g/mol. The molecule has 1 aromatic rings. The summed E-state index contributed by atoms with van der Waals surface area (Å²) in [5.41, 5.74) is 0.420. The van der Waals surface area contributed by atoms with Crippen molar-refractivity contribution >= 4 is 5.97 Å². The molecular formula is C12H12O4. The number of methoxy groups -OCH3 is 2. The first-order valence-corrected chi connectivity index (χ1v) is 4.60. The van der Waals surface area contributed by atoms with Crippen LogP contribution in [0.2, 0.25) is 0 Å². The van der Waals surface area contributed by atoms with Crippen molar-refractivity contribution in [3.8, 4) is 23.3 Å². The second-order valence-corrected chi connectivity index (χ2v) is 2.91. The summed E-state index contributed by atoms with van der Waals surface area (Å²) in [6.45, 7) is 0. The normalized spacial score (nSPS) is 8.88. The Balaban J connectivity index is 2.85. The number of esters is 1. The van der Waals surface area contributed by atoms with Crippen LogP contribution in [-0.4, -0.2) is 25.3 Å². The summed E-state index contributed by atoms with van der Waals surface area (Å²) in [5.74, 6) is 5.20. The lowest BCUT2D eigenvalue weighted by molar-refractivity contribution is -0.139. The Bertz CT molecular complexity index is 440. The first-order valence-electron chi connectivity index (χ1n) is 4.60. The van der Waals surface area contributed by atoms with Crippen LogP contribution in [0.1, 0.15) is 12.0 Å². The fourth-order valence-electron chi connectivity index (χ4n) is 1.07. The third kappa shape index (κ3) is 2.92. The van der Waals surface area contributed by atoms with E-state index in [1.165, 1.54) is 14.2 Å². The van der Waals surface area contributed by atoms with E-state index in [0.717, 1.165) is 0 Å². The van der Waals surface area contributed by atoms with Crippen LogP contribution in [0.15, 0.2) is 18.2 Å². The summed E-state index contributed by atoms with van der Waals surface area (Å²) in [5, 5.41) is 9.67. The molecule has 16 heavy (non-hydrogen) atoms. The molecule has 0 spiro atoms. The predicted molar refractivity (Wildman–Crippen MR) is 58.2 cm³/mol. The van der Waals surface area contributed by atoms with Gasteiger partial charge >= 0.3 is 5.97 Å². The molecule has 0 aromatic heterocycles. The number of carbonyl (C=O) groups is 1. The molecule has 0 heterocycles. The van der Waals surface area contributed by atoms with Crippen molar-refractivity contribution in [1.29, 1.82) is 0 Å². The zero-order valence-corrected chi connectivity index (χ0v) is 9.11. The van der Waals surface area contributed by atoms with E-state index >= 15 is 0 Å². The molecule has 0 aliphatic rings. The first-order chi connectivity index (χ1) is 7.69. The smallest absolute Gasteiger partial charge is 0.317 e. The molecule has 0 aliphatic carbocycles. The Labute approximate surface area is 93.8 Å². The number of rotatable bonds is 2. The van der Waals surface area contributed by atoms with E-state index in [1.54, 1.807) is 18.2 Å². The maximum absolute atomic E-state index is 10.8. The maximum atomic E-state index is 10.8. The molecule has 4 heteroatoms. The molecule has 84 valence electrons. The van der Waals surface area contributed by atoms with E-state index < -0.39 is 5.97 Å². The maximum Gasteiger partial charge on any atom is 0.317 e. The Morgan fingerprint density at radius 2 is 2.19 bits per heavy atom. The van der Waals surface area contributed by atoms with E-state index in [0.29, 0.717) is 11.3 Å². The fourth-order valence-corrected chi connectivity index (χ4v) is 1.07. The van der Waals surface area contributed by atoms with E-state index in [4.69, 9.17) is 4.74 Å². The molecule has 1 N–H and O–H groups in total. The van der Waals surface area contributed by atoms with Crippen molar-refractivity contribution in [3.63, 3.8) is 0 Å². The van der Waals surface area contributed by atoms with Gasteiger partial charge in [0.2, 0.25) is 0 Å². The average Bonchev–Trinajstić information content (AvgIpc) is 2.31. The molecule has 0 unspecified atom stereocenters. The Morgan fingerprint density at radius 1 is 1.44 bits per heavy atom. The zero-order valence-electron chi connectivity index (χ0n) is 9.11. The molecule has 0 amide bonds. The van der Waals surface area contributed by atoms with Gasteiger partial charge in [0.15, 0.2) is 11.5 Å². The molecule has 0 radical (unpaired) electrons. The number of phenols is 1. The topological polar surface area (TPSA) is 55.8 Å². The number of para-hydroxylation sites is 1. The molecular weight excluding hydrogens is 208 g/mol. The van der Waals surface area contributed by atoms with Gasteiger partial charge in [0, 0.05) is 0 Å². The molecule has 0 bridgehead atoms. The molecule has 1 rings (SSSR count). The number of hydrogen-bond donors (Lipinski definition) is 1. The lowest BCUT2D eigenvalue weighted by Gasteiger charge is -2.03. The van der Waals surface area contributed by atoms with Crippen LogP contribution < -0.4 is 4.74 Å². The number of benzene rings is 1. The van der Waals surface area contributed by atoms with Gasteiger partial charge in [0.1, 0.15) is 6.42 Å². The third-order valence-corrected chi connectivity index (χ3v) is 1.90. The Morgan fingerprint density at radius 3 is 2.81 bits per heavy atom. The lowest BCUT2D eigenvalue weighted by atomic mass is 10.2. The standard InChI is InChI=1S/C12H12O4/c1-15-10-7-3-5-9(12(10)14)6-4-8-11(13)16-2/h3,5,7,14H,8H2,1-2H3. The van der Waals surface area contributed by atoms with Gasteiger partial charge in [-0.05, 0) is 12.1 Å². The predicted octanol–water partition coefficient (Wildman–Crippen LogP) is 1.32. The molecule has 0 aliphatic heterocycles. The van der Waals surface area contributed by atoms with E-state index in [1.807, 2.05) is 0 Å². The number of aromatic hydroxyl groups is 1. The molecule has 0 atom stereocenters. The summed E-state index contributed by atoms with van der Waals surface area (Å²) in [6.07, 6.45) is -0.00680. The van der Waals surface area contributed by atoms with Gasteiger partial charge in [-0.2, -0.15) is 0 Å². The lowest BCUT2D eigenvalue weighted by Crippen LogP contribution is -1.97. The summed E-state index contributed by atoms with van der Waals surface area (Å²) in [4.78, 5) is 10.8. The van der Waals surface area contributed by atoms with Crippen molar-refractivity contribution in [2.24, 2.45) is 0 Å². The van der Waals surface area contributed by atoms with Crippen molar-refractivity contribution < 1.29 is 19.4 Å². The van der Waals surface area contributed by atoms with Gasteiger partial charge in [0.05, 0.1) is 19.8 Å². The van der Waals surface area contributed by atoms with Crippen LogP contribution in [0.4, 0.5) is 0 Å². The largest absolute Gasteiger partial charge is 0.503 e. The van der Waals surface area contributed by atoms with Crippen molar-refractivity contribution in [1.82, 2.24) is 0 Å². The van der Waals surface area contributed by atoms with Gasteiger partial charge in [-0.15, -0.1) is 0 Å². The minimum Gasteiger partial charge on any atom is -0.503 e. The van der Waals surface area contributed by atoms with Crippen LogP contribution in [0.5, 0.6) is 11.5 Å². The van der Waals surface area contributed by atoms with Crippen LogP contribution in [0.25, 0.3) is 0 Å². The van der Waals surface area contributed by atoms with Crippen molar-refractivity contribution in [2.75, 3.05) is 14.2 Å². The van der Waals surface area contributed by atoms with Crippen molar-refractivity contribution in [2.45, 2.75) is 6.42 Å². The van der Waals surface area contributed by atoms with E-state index in [-0.39, 0.29) is 12.2 Å². The highest BCUT2D eigenvalue weighted by Gasteiger charge is 2.04. The number of hydrogen-bond acceptors (Lipinski definition) is 4. The van der Waals surface area contributed by atoms with Gasteiger partial charge in [-0.1, -0.05) is 17.9 Å². The second kappa shape index (κ2) is 5.66. The Kier molecular flexibility index (Phi) is 4.22. The van der Waals surface area contributed by atoms with Crippen LogP contribution in [0.3, 0.4) is 0 Å². The molecule has 0 fully saturated rings. The quantitative estimate of drug-likeness (QED) is 0.603. The molecule has 0 saturated carbocycles. The van der Waals surface area contributed by atoms with Gasteiger partial charge in [-0.3, -0.25) is 4.79 Å². The summed E-state index contributed by atoms with van der Waals surface area (Å²) >= 11 is 0. The molecule has 0 saturated heterocycles. The third-order valence-electron chi connectivity index (χ3n) is 1.90. The number of ether oxygens (including phenoxy) is 2. The Hall–Kier alpha value is -2.15. The molecule has 1 aromatic carbocycles. The number of carbonyl (C=O) groups excluding carboxylic acids is 1.